The number of nitrogens with one attached hydrogen (secondary N) is 2. The molecule has 0 aliphatic rings. The lowest BCUT2D eigenvalue weighted by atomic mass is 10.0. The van der Waals surface area contributed by atoms with Gasteiger partial charge in [0.25, 0.3) is 11.8 Å². The first-order valence-electron chi connectivity index (χ1n) is 9.77. The van der Waals surface area contributed by atoms with Gasteiger partial charge in [-0.15, -0.1) is 0 Å². The molecule has 0 saturated carbocycles. The molecule has 0 spiro atoms. The number of rotatable bonds is 9. The summed E-state index contributed by atoms with van der Waals surface area (Å²) in [5.74, 6) is -0.475. The molecular formula is C22H29N3O2. The predicted octanol–water partition coefficient (Wildman–Crippen LogP) is 4.38. The number of aromatic nitrogens is 1. The van der Waals surface area contributed by atoms with E-state index in [9.17, 15) is 9.59 Å². The quantitative estimate of drug-likeness (QED) is 0.646. The zero-order chi connectivity index (χ0) is 19.6. The Hall–Kier alpha value is -2.69. The molecule has 0 atom stereocenters. The van der Waals surface area contributed by atoms with E-state index >= 15 is 0 Å². The fourth-order valence-corrected chi connectivity index (χ4v) is 2.96. The number of unbranched alkanes of at least 4 members (excludes halogenated alkanes) is 2. The minimum absolute atomic E-state index is 0.175. The molecular weight excluding hydrogens is 338 g/mol. The third-order valence-corrected chi connectivity index (χ3v) is 4.56. The van der Waals surface area contributed by atoms with Gasteiger partial charge in [0.1, 0.15) is 5.69 Å². The molecule has 0 fully saturated rings. The first kappa shape index (κ1) is 20.6. The zero-order valence-electron chi connectivity index (χ0n) is 16.5. The maximum atomic E-state index is 12.7. The number of aryl methyl sites for hydroxylation is 2. The van der Waals surface area contributed by atoms with E-state index in [1.807, 2.05) is 18.2 Å². The maximum Gasteiger partial charge on any atom is 0.274 e. The average molecular weight is 367 g/mol. The Labute approximate surface area is 161 Å². The summed E-state index contributed by atoms with van der Waals surface area (Å²) in [5.41, 5.74) is 3.72. The van der Waals surface area contributed by atoms with Gasteiger partial charge in [-0.3, -0.25) is 14.6 Å². The number of hydrogen-bond donors (Lipinski definition) is 2. The van der Waals surface area contributed by atoms with Gasteiger partial charge in [-0.25, -0.2) is 0 Å². The van der Waals surface area contributed by atoms with Gasteiger partial charge >= 0.3 is 0 Å². The van der Waals surface area contributed by atoms with E-state index in [1.54, 1.807) is 12.1 Å². The lowest BCUT2D eigenvalue weighted by molar-refractivity contribution is 0.0953. The molecule has 0 bridgehead atoms. The van der Waals surface area contributed by atoms with E-state index in [0.717, 1.165) is 48.9 Å². The van der Waals surface area contributed by atoms with Crippen LogP contribution in [0.5, 0.6) is 0 Å². The lowest BCUT2D eigenvalue weighted by Gasteiger charge is -2.14. The van der Waals surface area contributed by atoms with Crippen LogP contribution in [0.3, 0.4) is 0 Å². The van der Waals surface area contributed by atoms with Crippen LogP contribution in [0.2, 0.25) is 0 Å². The van der Waals surface area contributed by atoms with Crippen molar-refractivity contribution in [2.24, 2.45) is 0 Å². The molecule has 0 unspecified atom stereocenters. The normalized spacial score (nSPS) is 10.5. The fraction of sp³-hybridized carbons (Fsp3) is 0.409. The van der Waals surface area contributed by atoms with Crippen molar-refractivity contribution in [2.75, 3.05) is 11.9 Å². The minimum atomic E-state index is -0.300. The standard InChI is InChI=1S/C22H29N3O2/c1-4-7-8-13-24-21(26)18-12-14-23-19(15-18)22(27)25-20-16(5-2)10-9-11-17(20)6-3/h9-12,14-15H,4-8,13H2,1-3H3,(H,24,26)(H,25,27). The predicted molar refractivity (Wildman–Crippen MR) is 109 cm³/mol. The van der Waals surface area contributed by atoms with Crippen LogP contribution in [-0.4, -0.2) is 23.3 Å². The zero-order valence-corrected chi connectivity index (χ0v) is 16.5. The molecule has 2 N–H and O–H groups in total. The molecule has 2 rings (SSSR count). The lowest BCUT2D eigenvalue weighted by Crippen LogP contribution is -2.25. The van der Waals surface area contributed by atoms with Gasteiger partial charge in [0, 0.05) is 24.0 Å². The molecule has 0 saturated heterocycles. The van der Waals surface area contributed by atoms with Crippen molar-refractivity contribution in [1.82, 2.24) is 10.3 Å². The van der Waals surface area contributed by atoms with E-state index in [-0.39, 0.29) is 17.5 Å². The smallest absolute Gasteiger partial charge is 0.274 e. The SMILES string of the molecule is CCCCCNC(=O)c1ccnc(C(=O)Nc2c(CC)cccc2CC)c1. The maximum absolute atomic E-state index is 12.7. The molecule has 0 aliphatic carbocycles. The van der Waals surface area contributed by atoms with Crippen molar-refractivity contribution in [1.29, 1.82) is 0 Å². The number of carbonyl (C=O) groups is 2. The second kappa shape index (κ2) is 10.5. The first-order chi connectivity index (χ1) is 13.1. The second-order valence-corrected chi connectivity index (χ2v) is 6.51. The van der Waals surface area contributed by atoms with E-state index in [1.165, 1.54) is 6.20 Å². The number of amides is 2. The van der Waals surface area contributed by atoms with Gasteiger partial charge in [0.15, 0.2) is 0 Å². The Morgan fingerprint density at radius 3 is 2.30 bits per heavy atom. The molecule has 144 valence electrons. The molecule has 2 aromatic rings. The van der Waals surface area contributed by atoms with E-state index in [2.05, 4.69) is 36.4 Å². The molecule has 2 amide bonds. The van der Waals surface area contributed by atoms with E-state index in [0.29, 0.717) is 12.1 Å². The number of hydrogen-bond acceptors (Lipinski definition) is 3. The first-order valence-corrected chi connectivity index (χ1v) is 9.77. The molecule has 5 nitrogen and oxygen atoms in total. The van der Waals surface area contributed by atoms with Crippen LogP contribution >= 0.6 is 0 Å². The highest BCUT2D eigenvalue weighted by Gasteiger charge is 2.15. The van der Waals surface area contributed by atoms with Gasteiger partial charge in [-0.2, -0.15) is 0 Å². The summed E-state index contributed by atoms with van der Waals surface area (Å²) >= 11 is 0. The number of para-hydroxylation sites is 1. The van der Waals surface area contributed by atoms with Crippen LogP contribution in [0.15, 0.2) is 36.5 Å². The number of benzene rings is 1. The second-order valence-electron chi connectivity index (χ2n) is 6.51. The van der Waals surface area contributed by atoms with Gasteiger partial charge in [0.05, 0.1) is 0 Å². The van der Waals surface area contributed by atoms with Crippen LogP contribution in [-0.2, 0) is 12.8 Å². The molecule has 0 radical (unpaired) electrons. The number of carbonyl (C=O) groups excluding carboxylic acids is 2. The summed E-state index contributed by atoms with van der Waals surface area (Å²) in [5, 5.41) is 5.88. The largest absolute Gasteiger partial charge is 0.352 e. The Morgan fingerprint density at radius 1 is 0.963 bits per heavy atom. The highest BCUT2D eigenvalue weighted by Crippen LogP contribution is 2.23. The third kappa shape index (κ3) is 5.64. The van der Waals surface area contributed by atoms with E-state index in [4.69, 9.17) is 0 Å². The summed E-state index contributed by atoms with van der Waals surface area (Å²) in [6.07, 6.45) is 6.31. The van der Waals surface area contributed by atoms with Crippen molar-refractivity contribution < 1.29 is 9.59 Å². The number of anilines is 1. The molecule has 1 aromatic carbocycles. The van der Waals surface area contributed by atoms with Crippen molar-refractivity contribution in [2.45, 2.75) is 52.9 Å². The monoisotopic (exact) mass is 367 g/mol. The molecule has 27 heavy (non-hydrogen) atoms. The van der Waals surface area contributed by atoms with Gasteiger partial charge in [-0.05, 0) is 42.5 Å². The van der Waals surface area contributed by atoms with E-state index < -0.39 is 0 Å². The fourth-order valence-electron chi connectivity index (χ4n) is 2.96. The highest BCUT2D eigenvalue weighted by atomic mass is 16.2. The summed E-state index contributed by atoms with van der Waals surface area (Å²) < 4.78 is 0. The number of pyridine rings is 1. The van der Waals surface area contributed by atoms with Crippen molar-refractivity contribution in [3.63, 3.8) is 0 Å². The van der Waals surface area contributed by atoms with Gasteiger partial charge < -0.3 is 10.6 Å². The average Bonchev–Trinajstić information content (AvgIpc) is 2.71. The molecule has 0 aliphatic heterocycles. The highest BCUT2D eigenvalue weighted by molar-refractivity contribution is 6.05. The van der Waals surface area contributed by atoms with Crippen LogP contribution in [0, 0.1) is 0 Å². The van der Waals surface area contributed by atoms with Crippen molar-refractivity contribution in [3.8, 4) is 0 Å². The van der Waals surface area contributed by atoms with Gasteiger partial charge in [0.2, 0.25) is 0 Å². The summed E-state index contributed by atoms with van der Waals surface area (Å²) in [4.78, 5) is 29.1. The summed E-state index contributed by atoms with van der Waals surface area (Å²) in [6, 6.07) is 9.22. The molecule has 1 aromatic heterocycles. The molecule has 5 heteroatoms. The van der Waals surface area contributed by atoms with Crippen LogP contribution in [0.4, 0.5) is 5.69 Å². The topological polar surface area (TPSA) is 71.1 Å². The van der Waals surface area contributed by atoms with Crippen LogP contribution < -0.4 is 10.6 Å². The van der Waals surface area contributed by atoms with Gasteiger partial charge in [-0.1, -0.05) is 51.8 Å². The Balaban J connectivity index is 2.13. The molecule has 1 heterocycles. The van der Waals surface area contributed by atoms with Crippen molar-refractivity contribution in [3.05, 3.63) is 58.9 Å². The summed E-state index contributed by atoms with van der Waals surface area (Å²) in [6.45, 7) is 6.88. The Morgan fingerprint density at radius 2 is 1.67 bits per heavy atom. The third-order valence-electron chi connectivity index (χ3n) is 4.56. The minimum Gasteiger partial charge on any atom is -0.352 e. The van der Waals surface area contributed by atoms with Crippen LogP contribution in [0.25, 0.3) is 0 Å². The Bertz CT molecular complexity index is 765. The van der Waals surface area contributed by atoms with Crippen molar-refractivity contribution >= 4 is 17.5 Å². The number of nitrogens with zero attached hydrogens (tertiary/aromatic N) is 1. The Kier molecular flexibility index (Phi) is 7.99. The van der Waals surface area contributed by atoms with Crippen LogP contribution in [0.1, 0.15) is 72.0 Å². The summed E-state index contributed by atoms with van der Waals surface area (Å²) in [7, 11) is 0.